The fourth-order valence-corrected chi connectivity index (χ4v) is 3.14. The van der Waals surface area contributed by atoms with E-state index in [4.69, 9.17) is 0 Å². The molecule has 0 saturated heterocycles. The van der Waals surface area contributed by atoms with E-state index in [0.717, 1.165) is 0 Å². The minimum atomic E-state index is -0.435. The summed E-state index contributed by atoms with van der Waals surface area (Å²) in [4.78, 5) is 19.8. The molecule has 0 saturated carbocycles. The Bertz CT molecular complexity index is 1020. The van der Waals surface area contributed by atoms with Gasteiger partial charge in [-0.15, -0.1) is 0 Å². The zero-order valence-corrected chi connectivity index (χ0v) is 14.6. The van der Waals surface area contributed by atoms with Crippen LogP contribution in [0.25, 0.3) is 11.6 Å². The first-order valence-electron chi connectivity index (χ1n) is 7.55. The van der Waals surface area contributed by atoms with Gasteiger partial charge in [0.15, 0.2) is 5.16 Å². The molecule has 8 heteroatoms. The molecule has 0 aliphatic carbocycles. The molecule has 3 rings (SSSR count). The lowest BCUT2D eigenvalue weighted by molar-refractivity contribution is -0.387. The Morgan fingerprint density at radius 2 is 2.15 bits per heavy atom. The van der Waals surface area contributed by atoms with Crippen LogP contribution in [0.5, 0.6) is 0 Å². The first-order chi connectivity index (χ1) is 12.6. The van der Waals surface area contributed by atoms with Crippen molar-refractivity contribution in [2.75, 3.05) is 0 Å². The van der Waals surface area contributed by atoms with Crippen LogP contribution in [0.4, 0.5) is 5.69 Å². The second kappa shape index (κ2) is 7.63. The number of aryl methyl sites for hydroxylation is 1. The number of nitrogens with zero attached hydrogens (tertiary/aromatic N) is 5. The molecule has 0 radical (unpaired) electrons. The molecule has 0 N–H and O–H groups in total. The largest absolute Gasteiger partial charge is 0.329 e. The Morgan fingerprint density at radius 3 is 2.77 bits per heavy atom. The minimum absolute atomic E-state index is 0.0370. The lowest BCUT2D eigenvalue weighted by Crippen LogP contribution is -1.94. The van der Waals surface area contributed by atoms with Gasteiger partial charge in [-0.2, -0.15) is 5.26 Å². The Kier molecular flexibility index (Phi) is 5.10. The third-order valence-electron chi connectivity index (χ3n) is 3.53. The van der Waals surface area contributed by atoms with Crippen molar-refractivity contribution in [2.24, 2.45) is 7.05 Å². The van der Waals surface area contributed by atoms with Gasteiger partial charge in [-0.3, -0.25) is 15.1 Å². The SMILES string of the molecule is Cn1ccnc1Sc1ccc(/C=C(\C#N)c2ccccn2)cc1[N+](=O)[O-]. The van der Waals surface area contributed by atoms with E-state index in [0.29, 0.717) is 26.9 Å². The molecular weight excluding hydrogens is 350 g/mol. The smallest absolute Gasteiger partial charge is 0.283 e. The Morgan fingerprint density at radius 1 is 1.31 bits per heavy atom. The molecule has 2 aromatic heterocycles. The van der Waals surface area contributed by atoms with E-state index in [-0.39, 0.29) is 5.69 Å². The average molecular weight is 363 g/mol. The zero-order chi connectivity index (χ0) is 18.5. The maximum atomic E-state index is 11.5. The fourth-order valence-electron chi connectivity index (χ4n) is 2.25. The van der Waals surface area contributed by atoms with Gasteiger partial charge in [0.25, 0.3) is 5.69 Å². The number of hydrogen-bond acceptors (Lipinski definition) is 6. The van der Waals surface area contributed by atoms with Crippen molar-refractivity contribution in [2.45, 2.75) is 10.1 Å². The van der Waals surface area contributed by atoms with Gasteiger partial charge in [0.2, 0.25) is 0 Å². The van der Waals surface area contributed by atoms with Crippen molar-refractivity contribution in [1.82, 2.24) is 14.5 Å². The highest BCUT2D eigenvalue weighted by atomic mass is 32.2. The Labute approximate surface area is 153 Å². The summed E-state index contributed by atoms with van der Waals surface area (Å²) in [6, 6.07) is 12.2. The molecule has 26 heavy (non-hydrogen) atoms. The van der Waals surface area contributed by atoms with Gasteiger partial charge < -0.3 is 4.57 Å². The predicted molar refractivity (Wildman–Crippen MR) is 98.1 cm³/mol. The zero-order valence-electron chi connectivity index (χ0n) is 13.7. The number of imidazole rings is 1. The van der Waals surface area contributed by atoms with E-state index >= 15 is 0 Å². The van der Waals surface area contributed by atoms with Crippen molar-refractivity contribution < 1.29 is 4.92 Å². The number of pyridine rings is 1. The number of benzene rings is 1. The van der Waals surface area contributed by atoms with Gasteiger partial charge in [0, 0.05) is 31.7 Å². The van der Waals surface area contributed by atoms with Gasteiger partial charge >= 0.3 is 0 Å². The van der Waals surface area contributed by atoms with Gasteiger partial charge in [-0.05, 0) is 41.6 Å². The van der Waals surface area contributed by atoms with Crippen molar-refractivity contribution in [3.05, 3.63) is 76.4 Å². The first-order valence-corrected chi connectivity index (χ1v) is 8.37. The molecule has 7 nitrogen and oxygen atoms in total. The molecular formula is C18H13N5O2S. The molecule has 2 heterocycles. The number of hydrogen-bond donors (Lipinski definition) is 0. The maximum absolute atomic E-state index is 11.5. The molecule has 3 aromatic rings. The average Bonchev–Trinajstić information content (AvgIpc) is 3.06. The summed E-state index contributed by atoms with van der Waals surface area (Å²) in [5.41, 5.74) is 1.38. The Balaban J connectivity index is 1.99. The van der Waals surface area contributed by atoms with Crippen LogP contribution in [-0.2, 0) is 7.05 Å². The number of aromatic nitrogens is 3. The highest BCUT2D eigenvalue weighted by molar-refractivity contribution is 7.99. The Hall–Kier alpha value is -3.44. The van der Waals surface area contributed by atoms with Crippen molar-refractivity contribution >= 4 is 29.1 Å². The minimum Gasteiger partial charge on any atom is -0.329 e. The van der Waals surface area contributed by atoms with Crippen LogP contribution >= 0.6 is 11.8 Å². The second-order valence-electron chi connectivity index (χ2n) is 5.29. The first kappa shape index (κ1) is 17.4. The molecule has 0 atom stereocenters. The summed E-state index contributed by atoms with van der Waals surface area (Å²) in [7, 11) is 1.82. The molecule has 0 spiro atoms. The standard InChI is InChI=1S/C18H13N5O2S/c1-22-9-8-21-18(22)26-17-6-5-13(11-16(17)23(24)25)10-14(12-19)15-4-2-3-7-20-15/h2-11H,1H3/b14-10+. The van der Waals surface area contributed by atoms with Crippen LogP contribution < -0.4 is 0 Å². The van der Waals surface area contributed by atoms with E-state index in [2.05, 4.69) is 16.0 Å². The van der Waals surface area contributed by atoms with Gasteiger partial charge in [0.1, 0.15) is 6.07 Å². The summed E-state index contributed by atoms with van der Waals surface area (Å²) < 4.78 is 1.79. The summed E-state index contributed by atoms with van der Waals surface area (Å²) in [5, 5.41) is 21.5. The summed E-state index contributed by atoms with van der Waals surface area (Å²) in [5.74, 6) is 0. The maximum Gasteiger partial charge on any atom is 0.283 e. The highest BCUT2D eigenvalue weighted by Crippen LogP contribution is 2.35. The van der Waals surface area contributed by atoms with E-state index in [1.807, 2.05) is 7.05 Å². The van der Waals surface area contributed by atoms with Crippen LogP contribution in [0.15, 0.2) is 65.0 Å². The van der Waals surface area contributed by atoms with Crippen LogP contribution in [0.1, 0.15) is 11.3 Å². The van der Waals surface area contributed by atoms with Gasteiger partial charge in [-0.25, -0.2) is 4.98 Å². The molecule has 0 unspecified atom stereocenters. The van der Waals surface area contributed by atoms with E-state index in [9.17, 15) is 15.4 Å². The number of allylic oxidation sites excluding steroid dienone is 1. The highest BCUT2D eigenvalue weighted by Gasteiger charge is 2.17. The number of nitro benzene ring substituents is 1. The van der Waals surface area contributed by atoms with E-state index in [1.54, 1.807) is 59.6 Å². The quantitative estimate of drug-likeness (QED) is 0.387. The topological polar surface area (TPSA) is 97.6 Å². The molecule has 1 aromatic carbocycles. The molecule has 0 fully saturated rings. The van der Waals surface area contributed by atoms with E-state index < -0.39 is 4.92 Å². The second-order valence-corrected chi connectivity index (χ2v) is 6.30. The monoisotopic (exact) mass is 363 g/mol. The van der Waals surface area contributed by atoms with Crippen LogP contribution in [0.3, 0.4) is 0 Å². The summed E-state index contributed by atoms with van der Waals surface area (Å²) >= 11 is 1.22. The third kappa shape index (κ3) is 3.79. The molecule has 0 aliphatic heterocycles. The number of rotatable bonds is 5. The van der Waals surface area contributed by atoms with Crippen molar-refractivity contribution in [3.63, 3.8) is 0 Å². The van der Waals surface area contributed by atoms with Crippen molar-refractivity contribution in [3.8, 4) is 6.07 Å². The normalized spacial score (nSPS) is 11.2. The van der Waals surface area contributed by atoms with Crippen LogP contribution in [0.2, 0.25) is 0 Å². The van der Waals surface area contributed by atoms with Gasteiger partial charge in [0.05, 0.1) is 21.1 Å². The number of nitro groups is 1. The lowest BCUT2D eigenvalue weighted by atomic mass is 10.1. The molecule has 128 valence electrons. The number of nitriles is 1. The molecule has 0 aliphatic rings. The van der Waals surface area contributed by atoms with Crippen LogP contribution in [-0.4, -0.2) is 19.5 Å². The summed E-state index contributed by atoms with van der Waals surface area (Å²) in [6.07, 6.45) is 6.59. The van der Waals surface area contributed by atoms with Gasteiger partial charge in [-0.1, -0.05) is 12.1 Å². The molecule has 0 bridgehead atoms. The third-order valence-corrected chi connectivity index (χ3v) is 4.67. The van der Waals surface area contributed by atoms with E-state index in [1.165, 1.54) is 17.8 Å². The lowest BCUT2D eigenvalue weighted by Gasteiger charge is -2.05. The van der Waals surface area contributed by atoms with Crippen LogP contribution in [0, 0.1) is 21.4 Å². The molecule has 0 amide bonds. The predicted octanol–water partition coefficient (Wildman–Crippen LogP) is 3.94. The summed E-state index contributed by atoms with van der Waals surface area (Å²) in [6.45, 7) is 0. The van der Waals surface area contributed by atoms with Crippen molar-refractivity contribution in [1.29, 1.82) is 5.26 Å². The fraction of sp³-hybridized carbons (Fsp3) is 0.0556.